The molecular formula is C13H28O2P+. The molecule has 0 rings (SSSR count). The van der Waals surface area contributed by atoms with Gasteiger partial charge < -0.3 is 5.11 Å². The van der Waals surface area contributed by atoms with Crippen molar-refractivity contribution in [2.75, 3.05) is 12.8 Å². The Morgan fingerprint density at radius 2 is 1.50 bits per heavy atom. The van der Waals surface area contributed by atoms with Gasteiger partial charge in [0.25, 0.3) is 0 Å². The molecule has 0 saturated heterocycles. The number of rotatable bonds is 11. The average Bonchev–Trinajstić information content (AvgIpc) is 2.21. The van der Waals surface area contributed by atoms with E-state index in [9.17, 15) is 9.67 Å². The van der Waals surface area contributed by atoms with Crippen molar-refractivity contribution in [3.05, 3.63) is 0 Å². The normalized spacial score (nSPS) is 13.8. The maximum absolute atomic E-state index is 10.9. The van der Waals surface area contributed by atoms with Crippen molar-refractivity contribution in [1.82, 2.24) is 0 Å². The fourth-order valence-corrected chi connectivity index (χ4v) is 2.68. The minimum absolute atomic E-state index is 0.339. The number of aliphatic hydroxyl groups excluding tert-OH is 1. The molecule has 0 aromatic rings. The summed E-state index contributed by atoms with van der Waals surface area (Å²) in [7, 11) is -1.17. The minimum atomic E-state index is -1.17. The quantitative estimate of drug-likeness (QED) is 0.435. The molecule has 0 fully saturated rings. The minimum Gasteiger partial charge on any atom is -0.389 e. The molecule has 3 heteroatoms. The third-order valence-corrected chi connectivity index (χ3v) is 3.79. The highest BCUT2D eigenvalue weighted by Crippen LogP contribution is 2.18. The Labute approximate surface area is 102 Å². The van der Waals surface area contributed by atoms with E-state index in [1.54, 1.807) is 6.66 Å². The van der Waals surface area contributed by atoms with Crippen LogP contribution in [0.5, 0.6) is 0 Å². The van der Waals surface area contributed by atoms with E-state index in [0.29, 0.717) is 6.16 Å². The largest absolute Gasteiger partial charge is 0.389 e. The van der Waals surface area contributed by atoms with E-state index in [1.165, 1.54) is 44.9 Å². The lowest BCUT2D eigenvalue weighted by atomic mass is 10.1. The van der Waals surface area contributed by atoms with Gasteiger partial charge in [0.05, 0.1) is 6.10 Å². The number of unbranched alkanes of at least 4 members (excludes halogenated alkanes) is 7. The van der Waals surface area contributed by atoms with Crippen LogP contribution in [0.2, 0.25) is 0 Å². The zero-order valence-electron chi connectivity index (χ0n) is 11.0. The van der Waals surface area contributed by atoms with Gasteiger partial charge in [-0.2, -0.15) is 0 Å². The van der Waals surface area contributed by atoms with Crippen LogP contribution in [-0.2, 0) is 4.57 Å². The van der Waals surface area contributed by atoms with Gasteiger partial charge in [0.1, 0.15) is 6.66 Å². The summed E-state index contributed by atoms with van der Waals surface area (Å²) < 4.78 is 10.9. The lowest BCUT2D eigenvalue weighted by Gasteiger charge is -2.04. The molecule has 0 aliphatic carbocycles. The smallest absolute Gasteiger partial charge is 0.338 e. The third-order valence-electron chi connectivity index (χ3n) is 2.86. The van der Waals surface area contributed by atoms with Gasteiger partial charge in [-0.25, -0.2) is 0 Å². The van der Waals surface area contributed by atoms with Gasteiger partial charge in [-0.1, -0.05) is 62.9 Å². The van der Waals surface area contributed by atoms with Gasteiger partial charge in [-0.05, 0) is 6.42 Å². The van der Waals surface area contributed by atoms with Gasteiger partial charge >= 0.3 is 7.80 Å². The number of hydrogen-bond acceptors (Lipinski definition) is 2. The van der Waals surface area contributed by atoms with Gasteiger partial charge in [-0.3, -0.25) is 0 Å². The molecule has 0 aromatic heterocycles. The van der Waals surface area contributed by atoms with E-state index in [1.807, 2.05) is 0 Å². The molecule has 1 N–H and O–H groups in total. The molecule has 0 spiro atoms. The van der Waals surface area contributed by atoms with Crippen LogP contribution in [0.1, 0.15) is 64.7 Å². The molecular weight excluding hydrogens is 219 g/mol. The Morgan fingerprint density at radius 1 is 1.00 bits per heavy atom. The summed E-state index contributed by atoms with van der Waals surface area (Å²) in [5, 5.41) is 9.51. The Morgan fingerprint density at radius 3 is 2.00 bits per heavy atom. The molecule has 0 aliphatic rings. The van der Waals surface area contributed by atoms with E-state index in [2.05, 4.69) is 6.92 Å². The van der Waals surface area contributed by atoms with E-state index in [-0.39, 0.29) is 6.10 Å². The Kier molecular flexibility index (Phi) is 11.6. The van der Waals surface area contributed by atoms with Crippen molar-refractivity contribution in [2.24, 2.45) is 0 Å². The molecule has 2 nitrogen and oxygen atoms in total. The monoisotopic (exact) mass is 247 g/mol. The first-order chi connectivity index (χ1) is 7.66. The van der Waals surface area contributed by atoms with Crippen LogP contribution in [0.3, 0.4) is 0 Å². The van der Waals surface area contributed by atoms with Crippen LogP contribution < -0.4 is 0 Å². The molecule has 2 unspecified atom stereocenters. The summed E-state index contributed by atoms with van der Waals surface area (Å²) in [5.41, 5.74) is 0. The summed E-state index contributed by atoms with van der Waals surface area (Å²) in [6, 6.07) is 0. The highest BCUT2D eigenvalue weighted by atomic mass is 31.1. The Bertz CT molecular complexity index is 171. The lowest BCUT2D eigenvalue weighted by Crippen LogP contribution is -2.09. The summed E-state index contributed by atoms with van der Waals surface area (Å²) in [6.07, 6.45) is 11.3. The SMILES string of the molecule is CCCCCCCCCCC(O)C[P+](C)=O. The first-order valence-electron chi connectivity index (χ1n) is 6.73. The van der Waals surface area contributed by atoms with Crippen molar-refractivity contribution < 1.29 is 9.67 Å². The predicted molar refractivity (Wildman–Crippen MR) is 71.6 cm³/mol. The molecule has 0 radical (unpaired) electrons. The van der Waals surface area contributed by atoms with Crippen LogP contribution >= 0.6 is 7.80 Å². The maximum atomic E-state index is 10.9. The second-order valence-electron chi connectivity index (χ2n) is 4.73. The van der Waals surface area contributed by atoms with Crippen LogP contribution in [0, 0.1) is 0 Å². The maximum Gasteiger partial charge on any atom is 0.338 e. The first kappa shape index (κ1) is 16.1. The van der Waals surface area contributed by atoms with Gasteiger partial charge in [0.2, 0.25) is 0 Å². The van der Waals surface area contributed by atoms with Crippen LogP contribution in [0.25, 0.3) is 0 Å². The van der Waals surface area contributed by atoms with Gasteiger partial charge in [0.15, 0.2) is 6.16 Å². The topological polar surface area (TPSA) is 37.3 Å². The van der Waals surface area contributed by atoms with E-state index in [0.717, 1.165) is 12.8 Å². The van der Waals surface area contributed by atoms with Gasteiger partial charge in [-0.15, -0.1) is 0 Å². The zero-order chi connectivity index (χ0) is 12.2. The molecule has 0 aromatic carbocycles. The molecule has 0 saturated carbocycles. The molecule has 0 aliphatic heterocycles. The fourth-order valence-electron chi connectivity index (χ4n) is 1.90. The molecule has 96 valence electrons. The van der Waals surface area contributed by atoms with Gasteiger partial charge in [0, 0.05) is 0 Å². The summed E-state index contributed by atoms with van der Waals surface area (Å²) >= 11 is 0. The van der Waals surface area contributed by atoms with Crippen molar-refractivity contribution >= 4 is 7.80 Å². The molecule has 2 atom stereocenters. The van der Waals surface area contributed by atoms with E-state index >= 15 is 0 Å². The fraction of sp³-hybridized carbons (Fsp3) is 1.00. The Balaban J connectivity index is 3.11. The van der Waals surface area contributed by atoms with Crippen molar-refractivity contribution in [2.45, 2.75) is 70.8 Å². The summed E-state index contributed by atoms with van der Waals surface area (Å²) in [6.45, 7) is 3.92. The zero-order valence-corrected chi connectivity index (χ0v) is 11.8. The molecule has 0 amide bonds. The molecule has 0 bridgehead atoms. The van der Waals surface area contributed by atoms with Crippen molar-refractivity contribution in [1.29, 1.82) is 0 Å². The van der Waals surface area contributed by atoms with E-state index in [4.69, 9.17) is 0 Å². The van der Waals surface area contributed by atoms with Crippen molar-refractivity contribution in [3.63, 3.8) is 0 Å². The number of aliphatic hydroxyl groups is 1. The summed E-state index contributed by atoms with van der Waals surface area (Å²) in [4.78, 5) is 0. The second-order valence-corrected chi connectivity index (χ2v) is 6.35. The van der Waals surface area contributed by atoms with Crippen molar-refractivity contribution in [3.8, 4) is 0 Å². The lowest BCUT2D eigenvalue weighted by molar-refractivity contribution is 0.183. The van der Waals surface area contributed by atoms with E-state index < -0.39 is 7.80 Å². The Hall–Kier alpha value is 0.0600. The highest BCUT2D eigenvalue weighted by Gasteiger charge is 2.14. The average molecular weight is 247 g/mol. The summed E-state index contributed by atoms with van der Waals surface area (Å²) in [5.74, 6) is 0. The number of hydrogen-bond donors (Lipinski definition) is 1. The molecule has 0 heterocycles. The van der Waals surface area contributed by atoms with Crippen LogP contribution in [-0.4, -0.2) is 24.0 Å². The molecule has 16 heavy (non-hydrogen) atoms. The van der Waals surface area contributed by atoms with Crippen LogP contribution in [0.15, 0.2) is 0 Å². The second kappa shape index (κ2) is 11.5. The van der Waals surface area contributed by atoms with Crippen LogP contribution in [0.4, 0.5) is 0 Å². The highest BCUT2D eigenvalue weighted by molar-refractivity contribution is 7.43. The first-order valence-corrected chi connectivity index (χ1v) is 8.62. The standard InChI is InChI=1S/C13H28O2P/c1-3-4-5-6-7-8-9-10-11-13(14)12-16(2)15/h13-14H,3-12H2,1-2H3/q+1. The third kappa shape index (κ3) is 12.1. The predicted octanol–water partition coefficient (Wildman–Crippen LogP) is 4.34.